The van der Waals surface area contributed by atoms with Crippen LogP contribution in [-0.4, -0.2) is 86.8 Å². The molecule has 4 heterocycles. The largest absolute Gasteiger partial charge is 0.369 e. The van der Waals surface area contributed by atoms with Crippen LogP contribution in [0.3, 0.4) is 0 Å². The van der Waals surface area contributed by atoms with Crippen molar-refractivity contribution in [1.82, 2.24) is 34.1 Å². The van der Waals surface area contributed by atoms with Crippen molar-refractivity contribution in [2.24, 2.45) is 0 Å². The van der Waals surface area contributed by atoms with Crippen molar-refractivity contribution in [2.75, 3.05) is 57.0 Å². The minimum absolute atomic E-state index is 0.128. The maximum Gasteiger partial charge on any atom is 0.278 e. The average molecular weight is 570 g/mol. The molecule has 1 N–H and O–H groups in total. The summed E-state index contributed by atoms with van der Waals surface area (Å²) in [5.74, 6) is 1.12. The Morgan fingerprint density at radius 2 is 1.76 bits per heavy atom. The van der Waals surface area contributed by atoms with Crippen LogP contribution in [0.2, 0.25) is 0 Å². The molecule has 0 bridgehead atoms. The summed E-state index contributed by atoms with van der Waals surface area (Å²) in [5.41, 5.74) is 2.98. The van der Waals surface area contributed by atoms with Crippen LogP contribution in [0.25, 0.3) is 16.9 Å². The van der Waals surface area contributed by atoms with Gasteiger partial charge in [-0.15, -0.1) is 6.58 Å². The molecule has 1 fully saturated rings. The highest BCUT2D eigenvalue weighted by molar-refractivity contribution is 5.78. The van der Waals surface area contributed by atoms with Crippen LogP contribution >= 0.6 is 0 Å². The third-order valence-electron chi connectivity index (χ3n) is 7.42. The zero-order valence-electron chi connectivity index (χ0n) is 25.0. The Balaban J connectivity index is 1.37. The molecule has 0 aliphatic carbocycles. The number of benzene rings is 1. The fourth-order valence-corrected chi connectivity index (χ4v) is 4.95. The summed E-state index contributed by atoms with van der Waals surface area (Å²) >= 11 is 0. The van der Waals surface area contributed by atoms with Crippen molar-refractivity contribution < 1.29 is 4.79 Å². The van der Waals surface area contributed by atoms with Gasteiger partial charge in [0.2, 0.25) is 11.9 Å². The van der Waals surface area contributed by atoms with Gasteiger partial charge in [0.1, 0.15) is 5.39 Å². The normalized spacial score (nSPS) is 14.3. The zero-order chi connectivity index (χ0) is 30.0. The smallest absolute Gasteiger partial charge is 0.278 e. The number of carbonyl (C=O) groups is 1. The number of rotatable bonds is 8. The fraction of sp³-hybridized carbons (Fsp3) is 0.387. The van der Waals surface area contributed by atoms with Gasteiger partial charge in [-0.3, -0.25) is 14.5 Å². The predicted molar refractivity (Wildman–Crippen MR) is 167 cm³/mol. The molecular formula is C31H39N9O2. The van der Waals surface area contributed by atoms with Crippen molar-refractivity contribution in [1.29, 1.82) is 0 Å². The van der Waals surface area contributed by atoms with Gasteiger partial charge in [-0.1, -0.05) is 32.9 Å². The molecule has 0 atom stereocenters. The Labute approximate surface area is 246 Å². The number of hydrogen-bond donors (Lipinski definition) is 1. The van der Waals surface area contributed by atoms with Crippen LogP contribution in [0.15, 0.2) is 66.1 Å². The first-order chi connectivity index (χ1) is 20.0. The molecule has 1 saturated heterocycles. The maximum absolute atomic E-state index is 13.3. The maximum atomic E-state index is 13.3. The first kappa shape index (κ1) is 29.0. The third kappa shape index (κ3) is 6.06. The summed E-state index contributed by atoms with van der Waals surface area (Å²) in [4.78, 5) is 45.6. The van der Waals surface area contributed by atoms with E-state index in [0.717, 1.165) is 43.2 Å². The monoisotopic (exact) mass is 569 g/mol. The average Bonchev–Trinajstić information content (AvgIpc) is 3.24. The molecule has 1 aliphatic heterocycles. The lowest BCUT2D eigenvalue weighted by Gasteiger charge is -2.36. The summed E-state index contributed by atoms with van der Waals surface area (Å²) in [6.45, 7) is 14.3. The Morgan fingerprint density at radius 1 is 1.05 bits per heavy atom. The Bertz CT molecular complexity index is 1640. The van der Waals surface area contributed by atoms with E-state index in [0.29, 0.717) is 35.9 Å². The molecule has 4 aromatic rings. The first-order valence-corrected chi connectivity index (χ1v) is 14.2. The number of anilines is 3. The molecule has 1 aliphatic rings. The quantitative estimate of drug-likeness (QED) is 0.322. The van der Waals surface area contributed by atoms with E-state index in [1.165, 1.54) is 0 Å². The number of amides is 1. The van der Waals surface area contributed by atoms with E-state index >= 15 is 0 Å². The van der Waals surface area contributed by atoms with Gasteiger partial charge in [0.05, 0.1) is 13.1 Å². The van der Waals surface area contributed by atoms with Gasteiger partial charge >= 0.3 is 0 Å². The van der Waals surface area contributed by atoms with Crippen LogP contribution in [0.1, 0.15) is 26.5 Å². The minimum Gasteiger partial charge on any atom is -0.369 e. The summed E-state index contributed by atoms with van der Waals surface area (Å²) < 4.78 is 3.33. The highest BCUT2D eigenvalue weighted by Gasteiger charge is 2.22. The molecule has 220 valence electrons. The third-order valence-corrected chi connectivity index (χ3v) is 7.42. The lowest BCUT2D eigenvalue weighted by molar-refractivity contribution is -0.129. The van der Waals surface area contributed by atoms with Gasteiger partial charge in [0.25, 0.3) is 5.56 Å². The number of fused-ring (bicyclic) bond motifs is 1. The number of nitrogens with zero attached hydrogens (tertiary/aromatic N) is 8. The second-order valence-corrected chi connectivity index (χ2v) is 11.8. The van der Waals surface area contributed by atoms with E-state index in [1.54, 1.807) is 40.6 Å². The highest BCUT2D eigenvalue weighted by Crippen LogP contribution is 2.24. The van der Waals surface area contributed by atoms with Gasteiger partial charge in [-0.2, -0.15) is 4.98 Å². The SMILES string of the molecule is C=CCn1c(=O)c2cnc(Nc3ccc(N4CCN(CC(=O)N(C)C)CC4)cc3)nc2n1-c1cccc(C(C)(C)C)n1. The number of likely N-dealkylation sites (N-methyl/N-ethyl adjacent to an activating group) is 1. The predicted octanol–water partition coefficient (Wildman–Crippen LogP) is 3.41. The van der Waals surface area contributed by atoms with Crippen LogP contribution in [0.5, 0.6) is 0 Å². The second kappa shape index (κ2) is 11.8. The van der Waals surface area contributed by atoms with Gasteiger partial charge < -0.3 is 15.1 Å². The molecule has 0 spiro atoms. The number of allylic oxidation sites excluding steroid dienone is 1. The van der Waals surface area contributed by atoms with Crippen molar-refractivity contribution >= 4 is 34.3 Å². The number of carbonyl (C=O) groups excluding carboxylic acids is 1. The van der Waals surface area contributed by atoms with Crippen molar-refractivity contribution in [3.63, 3.8) is 0 Å². The molecule has 1 amide bonds. The Morgan fingerprint density at radius 3 is 2.40 bits per heavy atom. The van der Waals surface area contributed by atoms with Crippen LogP contribution in [-0.2, 0) is 16.8 Å². The number of nitrogens with one attached hydrogen (secondary N) is 1. The Kier molecular flexibility index (Phi) is 8.13. The number of piperazine rings is 1. The first-order valence-electron chi connectivity index (χ1n) is 14.2. The fourth-order valence-electron chi connectivity index (χ4n) is 4.95. The molecule has 11 heteroatoms. The molecule has 5 rings (SSSR count). The highest BCUT2D eigenvalue weighted by atomic mass is 16.2. The van der Waals surface area contributed by atoms with E-state index in [-0.39, 0.29) is 16.9 Å². The molecule has 0 radical (unpaired) electrons. The van der Waals surface area contributed by atoms with Crippen LogP contribution < -0.4 is 15.8 Å². The molecule has 0 unspecified atom stereocenters. The number of hydrogen-bond acceptors (Lipinski definition) is 8. The molecule has 42 heavy (non-hydrogen) atoms. The van der Waals surface area contributed by atoms with Crippen molar-refractivity contribution in [2.45, 2.75) is 32.7 Å². The van der Waals surface area contributed by atoms with Gasteiger partial charge in [0.15, 0.2) is 11.5 Å². The van der Waals surface area contributed by atoms with Crippen LogP contribution in [0, 0.1) is 0 Å². The summed E-state index contributed by atoms with van der Waals surface area (Å²) in [6.07, 6.45) is 3.24. The van der Waals surface area contributed by atoms with Crippen molar-refractivity contribution in [3.05, 3.63) is 77.4 Å². The van der Waals surface area contributed by atoms with E-state index in [2.05, 4.69) is 59.6 Å². The number of pyridine rings is 1. The van der Waals surface area contributed by atoms with Gasteiger partial charge in [-0.05, 0) is 36.4 Å². The lowest BCUT2D eigenvalue weighted by atomic mass is 9.92. The van der Waals surface area contributed by atoms with E-state index in [9.17, 15) is 9.59 Å². The topological polar surface area (TPSA) is 104 Å². The summed E-state index contributed by atoms with van der Waals surface area (Å²) in [5, 5.41) is 3.69. The van der Waals surface area contributed by atoms with Gasteiger partial charge in [-0.25, -0.2) is 19.3 Å². The molecule has 0 saturated carbocycles. The van der Waals surface area contributed by atoms with E-state index < -0.39 is 0 Å². The summed E-state index contributed by atoms with van der Waals surface area (Å²) in [6, 6.07) is 13.9. The standard InChI is InChI=1S/C31H39N9O2/c1-7-15-39-29(42)24-20-32-30(35-28(24)40(39)26-10-8-9-25(34-26)31(2,3)4)33-22-11-13-23(14-12-22)38-18-16-37(17-19-38)21-27(41)36(5)6/h7-14,20H,1,15-19,21H2,2-6H3,(H,32,33,35). The molecule has 11 nitrogen and oxygen atoms in total. The Hall–Kier alpha value is -4.51. The molecule has 3 aromatic heterocycles. The zero-order valence-corrected chi connectivity index (χ0v) is 25.0. The second-order valence-electron chi connectivity index (χ2n) is 11.8. The van der Waals surface area contributed by atoms with E-state index in [4.69, 9.17) is 9.97 Å². The van der Waals surface area contributed by atoms with Gasteiger partial charge in [0, 0.05) is 69.0 Å². The molecule has 1 aromatic carbocycles. The summed E-state index contributed by atoms with van der Waals surface area (Å²) in [7, 11) is 3.58. The lowest BCUT2D eigenvalue weighted by Crippen LogP contribution is -2.49. The number of aromatic nitrogens is 5. The minimum atomic E-state index is -0.199. The van der Waals surface area contributed by atoms with Crippen LogP contribution in [0.4, 0.5) is 17.3 Å². The molecular weight excluding hydrogens is 530 g/mol. The van der Waals surface area contributed by atoms with E-state index in [1.807, 2.05) is 30.3 Å². The van der Waals surface area contributed by atoms with Crippen molar-refractivity contribution in [3.8, 4) is 5.82 Å².